The number of rotatable bonds is 3. The molecule has 3 nitrogen and oxygen atoms in total. The molecule has 3 atom stereocenters. The minimum absolute atomic E-state index is 0.175. The van der Waals surface area contributed by atoms with Crippen LogP contribution < -0.4 is 11.1 Å². The van der Waals surface area contributed by atoms with Crippen molar-refractivity contribution in [2.24, 2.45) is 17.6 Å². The molecule has 86 valence electrons. The summed E-state index contributed by atoms with van der Waals surface area (Å²) in [6, 6.07) is 0.404. The van der Waals surface area contributed by atoms with E-state index in [0.717, 1.165) is 12.8 Å². The van der Waals surface area contributed by atoms with E-state index in [1.54, 1.807) is 0 Å². The van der Waals surface area contributed by atoms with Crippen molar-refractivity contribution in [2.45, 2.75) is 57.5 Å². The molecule has 2 aliphatic carbocycles. The number of carbonyl (C=O) groups excluding carboxylic acids is 1. The van der Waals surface area contributed by atoms with Gasteiger partial charge in [-0.25, -0.2) is 0 Å². The normalized spacial score (nSPS) is 33.5. The highest BCUT2D eigenvalue weighted by Gasteiger charge is 2.34. The molecule has 3 N–H and O–H groups in total. The third-order valence-corrected chi connectivity index (χ3v) is 3.89. The molecular formula is C12H22N2O. The van der Waals surface area contributed by atoms with Crippen molar-refractivity contribution < 1.29 is 4.79 Å². The van der Waals surface area contributed by atoms with Crippen molar-refractivity contribution in [1.29, 1.82) is 0 Å². The molecule has 0 saturated heterocycles. The van der Waals surface area contributed by atoms with Crippen LogP contribution in [0.4, 0.5) is 0 Å². The van der Waals surface area contributed by atoms with E-state index < -0.39 is 0 Å². The Labute approximate surface area is 91.8 Å². The summed E-state index contributed by atoms with van der Waals surface area (Å²) in [4.78, 5) is 11.9. The van der Waals surface area contributed by atoms with Gasteiger partial charge in [0.15, 0.2) is 0 Å². The van der Waals surface area contributed by atoms with E-state index >= 15 is 0 Å². The van der Waals surface area contributed by atoms with Crippen LogP contribution in [0, 0.1) is 11.8 Å². The quantitative estimate of drug-likeness (QED) is 0.740. The van der Waals surface area contributed by atoms with Crippen LogP contribution in [0.1, 0.15) is 45.4 Å². The minimum atomic E-state index is 0.175. The van der Waals surface area contributed by atoms with Gasteiger partial charge in [0.1, 0.15) is 0 Å². The fraction of sp³-hybridized carbons (Fsp3) is 0.917. The summed E-state index contributed by atoms with van der Waals surface area (Å²) in [6.07, 6.45) is 6.99. The minimum Gasteiger partial charge on any atom is -0.352 e. The van der Waals surface area contributed by atoms with Gasteiger partial charge in [0.05, 0.1) is 0 Å². The maximum atomic E-state index is 11.9. The average molecular weight is 210 g/mol. The van der Waals surface area contributed by atoms with E-state index in [2.05, 4.69) is 5.32 Å². The highest BCUT2D eigenvalue weighted by molar-refractivity contribution is 5.79. The number of hydrogen-bond acceptors (Lipinski definition) is 2. The molecule has 2 fully saturated rings. The fourth-order valence-corrected chi connectivity index (χ4v) is 2.46. The maximum absolute atomic E-state index is 11.9. The van der Waals surface area contributed by atoms with Gasteiger partial charge in [0, 0.05) is 18.0 Å². The molecular weight excluding hydrogens is 188 g/mol. The number of hydrogen-bond donors (Lipinski definition) is 2. The first kappa shape index (κ1) is 10.9. The lowest BCUT2D eigenvalue weighted by Gasteiger charge is -2.30. The smallest absolute Gasteiger partial charge is 0.223 e. The Hall–Kier alpha value is -0.570. The molecule has 2 rings (SSSR count). The zero-order chi connectivity index (χ0) is 10.8. The molecule has 2 aliphatic rings. The first-order valence-corrected chi connectivity index (χ1v) is 6.24. The monoisotopic (exact) mass is 210 g/mol. The lowest BCUT2D eigenvalue weighted by Crippen LogP contribution is -2.50. The molecule has 1 amide bonds. The van der Waals surface area contributed by atoms with E-state index in [9.17, 15) is 4.79 Å². The molecule has 2 saturated carbocycles. The van der Waals surface area contributed by atoms with Gasteiger partial charge < -0.3 is 11.1 Å². The van der Waals surface area contributed by atoms with Gasteiger partial charge in [0.2, 0.25) is 5.91 Å². The Morgan fingerprint density at radius 3 is 2.53 bits per heavy atom. The van der Waals surface area contributed by atoms with Crippen LogP contribution in [0.3, 0.4) is 0 Å². The molecule has 0 aromatic rings. The second-order valence-electron chi connectivity index (χ2n) is 5.19. The Bertz CT molecular complexity index is 238. The van der Waals surface area contributed by atoms with Crippen LogP contribution >= 0.6 is 0 Å². The Morgan fingerprint density at radius 2 is 1.93 bits per heavy atom. The van der Waals surface area contributed by atoms with Crippen molar-refractivity contribution in [3.05, 3.63) is 0 Å². The van der Waals surface area contributed by atoms with Crippen LogP contribution in [0.15, 0.2) is 0 Å². The predicted molar refractivity (Wildman–Crippen MR) is 60.3 cm³/mol. The van der Waals surface area contributed by atoms with Gasteiger partial charge in [0.25, 0.3) is 0 Å². The van der Waals surface area contributed by atoms with Gasteiger partial charge >= 0.3 is 0 Å². The van der Waals surface area contributed by atoms with Gasteiger partial charge in [-0.2, -0.15) is 0 Å². The topological polar surface area (TPSA) is 55.1 Å². The van der Waals surface area contributed by atoms with Crippen molar-refractivity contribution >= 4 is 5.91 Å². The van der Waals surface area contributed by atoms with E-state index in [1.165, 1.54) is 25.7 Å². The van der Waals surface area contributed by atoms with Gasteiger partial charge in [-0.1, -0.05) is 19.8 Å². The van der Waals surface area contributed by atoms with Crippen LogP contribution in [0.5, 0.6) is 0 Å². The van der Waals surface area contributed by atoms with E-state index in [1.807, 2.05) is 6.92 Å². The summed E-state index contributed by atoms with van der Waals surface area (Å²) in [5, 5.41) is 3.13. The number of nitrogens with one attached hydrogen (secondary N) is 1. The third kappa shape index (κ3) is 2.71. The second-order valence-corrected chi connectivity index (χ2v) is 5.19. The summed E-state index contributed by atoms with van der Waals surface area (Å²) < 4.78 is 0. The molecule has 0 bridgehead atoms. The molecule has 1 unspecified atom stereocenters. The zero-order valence-corrected chi connectivity index (χ0v) is 9.54. The highest BCUT2D eigenvalue weighted by atomic mass is 16.1. The summed E-state index contributed by atoms with van der Waals surface area (Å²) in [5.74, 6) is 1.06. The zero-order valence-electron chi connectivity index (χ0n) is 9.54. The first-order valence-electron chi connectivity index (χ1n) is 6.24. The Balaban J connectivity index is 1.81. The van der Waals surface area contributed by atoms with Crippen molar-refractivity contribution in [2.75, 3.05) is 0 Å². The maximum Gasteiger partial charge on any atom is 0.223 e. The summed E-state index contributed by atoms with van der Waals surface area (Å²) in [6.45, 7) is 2.04. The van der Waals surface area contributed by atoms with Crippen LogP contribution in [0.2, 0.25) is 0 Å². The average Bonchev–Trinajstić information content (AvgIpc) is 3.04. The summed E-state index contributed by atoms with van der Waals surface area (Å²) >= 11 is 0. The van der Waals surface area contributed by atoms with Gasteiger partial charge in [-0.15, -0.1) is 0 Å². The van der Waals surface area contributed by atoms with Crippen molar-refractivity contribution in [1.82, 2.24) is 5.32 Å². The van der Waals surface area contributed by atoms with Gasteiger partial charge in [-0.3, -0.25) is 4.79 Å². The van der Waals surface area contributed by atoms with Crippen LogP contribution in [-0.4, -0.2) is 18.0 Å². The molecule has 0 heterocycles. The van der Waals surface area contributed by atoms with E-state index in [4.69, 9.17) is 5.73 Å². The Morgan fingerprint density at radius 1 is 1.27 bits per heavy atom. The largest absolute Gasteiger partial charge is 0.352 e. The molecule has 0 aromatic heterocycles. The van der Waals surface area contributed by atoms with Gasteiger partial charge in [-0.05, 0) is 31.6 Å². The van der Waals surface area contributed by atoms with E-state index in [0.29, 0.717) is 5.92 Å². The summed E-state index contributed by atoms with van der Waals surface area (Å²) in [7, 11) is 0. The fourth-order valence-electron chi connectivity index (χ4n) is 2.46. The molecule has 0 radical (unpaired) electrons. The molecule has 0 aromatic carbocycles. The predicted octanol–water partition coefficient (Wildman–Crippen LogP) is 1.42. The van der Waals surface area contributed by atoms with Crippen LogP contribution in [0.25, 0.3) is 0 Å². The van der Waals surface area contributed by atoms with Crippen molar-refractivity contribution in [3.8, 4) is 0 Å². The molecule has 0 aliphatic heterocycles. The van der Waals surface area contributed by atoms with E-state index in [-0.39, 0.29) is 23.9 Å². The number of amides is 1. The number of nitrogens with two attached hydrogens (primary N) is 1. The molecule has 3 heteroatoms. The highest BCUT2D eigenvalue weighted by Crippen LogP contribution is 2.36. The lowest BCUT2D eigenvalue weighted by atomic mass is 9.90. The SMILES string of the molecule is CC(C(=O)N[C@@H]1CCCC[C@H]1N)C1CC1. The summed E-state index contributed by atoms with van der Waals surface area (Å²) in [5.41, 5.74) is 6.00. The van der Waals surface area contributed by atoms with Crippen LogP contribution in [-0.2, 0) is 4.79 Å². The third-order valence-electron chi connectivity index (χ3n) is 3.89. The second kappa shape index (κ2) is 4.52. The first-order chi connectivity index (χ1) is 7.18. The van der Waals surface area contributed by atoms with Crippen molar-refractivity contribution in [3.63, 3.8) is 0 Å². The molecule has 15 heavy (non-hydrogen) atoms. The Kier molecular flexibility index (Phi) is 3.29. The molecule has 0 spiro atoms. The standard InChI is InChI=1S/C12H22N2O/c1-8(9-6-7-9)12(15)14-11-5-3-2-4-10(11)13/h8-11H,2-7,13H2,1H3,(H,14,15)/t8?,10-,11-/m1/s1. The number of carbonyl (C=O) groups is 1. The lowest BCUT2D eigenvalue weighted by molar-refractivity contribution is -0.126.